The molecule has 1 fully saturated rings. The topological polar surface area (TPSA) is 29.5 Å². The maximum atomic E-state index is 12.4. The van der Waals surface area contributed by atoms with E-state index >= 15 is 0 Å². The molecule has 1 saturated heterocycles. The molecule has 19 heavy (non-hydrogen) atoms. The van der Waals surface area contributed by atoms with E-state index in [4.69, 9.17) is 4.74 Å². The lowest BCUT2D eigenvalue weighted by Gasteiger charge is -2.31. The lowest BCUT2D eigenvalue weighted by molar-refractivity contribution is 0.0158. The standard InChI is InChI=1S/C16H23NO2/c1-12-10-11-14(13-8-6-5-7-9-13)17(12)15(18)19-16(2,3)4/h5-9,12,14H,10-11H2,1-4H3/t12-,14?/m1/s1. The molecule has 1 aliphatic heterocycles. The highest BCUT2D eigenvalue weighted by Gasteiger charge is 2.37. The van der Waals surface area contributed by atoms with Crippen LogP contribution in [0.1, 0.15) is 52.1 Å². The first kappa shape index (κ1) is 13.9. The summed E-state index contributed by atoms with van der Waals surface area (Å²) >= 11 is 0. The van der Waals surface area contributed by atoms with Crippen molar-refractivity contribution in [2.24, 2.45) is 0 Å². The monoisotopic (exact) mass is 261 g/mol. The molecule has 0 spiro atoms. The van der Waals surface area contributed by atoms with Gasteiger partial charge in [0.05, 0.1) is 6.04 Å². The molecule has 2 rings (SSSR count). The molecule has 2 atom stereocenters. The van der Waals surface area contributed by atoms with Gasteiger partial charge >= 0.3 is 6.09 Å². The van der Waals surface area contributed by atoms with Crippen LogP contribution in [-0.4, -0.2) is 22.6 Å². The van der Waals surface area contributed by atoms with Crippen molar-refractivity contribution in [3.05, 3.63) is 35.9 Å². The van der Waals surface area contributed by atoms with Crippen LogP contribution in [0.3, 0.4) is 0 Å². The fourth-order valence-corrected chi connectivity index (χ4v) is 2.61. The highest BCUT2D eigenvalue weighted by molar-refractivity contribution is 5.69. The quantitative estimate of drug-likeness (QED) is 0.760. The van der Waals surface area contributed by atoms with E-state index in [9.17, 15) is 4.79 Å². The molecule has 3 nitrogen and oxygen atoms in total. The highest BCUT2D eigenvalue weighted by Crippen LogP contribution is 2.36. The Kier molecular flexibility index (Phi) is 3.83. The van der Waals surface area contributed by atoms with Crippen molar-refractivity contribution in [3.8, 4) is 0 Å². The number of benzene rings is 1. The number of hydrogen-bond donors (Lipinski definition) is 0. The largest absolute Gasteiger partial charge is 0.444 e. The zero-order chi connectivity index (χ0) is 14.0. The van der Waals surface area contributed by atoms with E-state index in [2.05, 4.69) is 19.1 Å². The second-order valence-electron chi connectivity index (χ2n) is 6.24. The molecule has 0 radical (unpaired) electrons. The Hall–Kier alpha value is -1.51. The van der Waals surface area contributed by atoms with Gasteiger partial charge in [0.25, 0.3) is 0 Å². The molecule has 1 aromatic rings. The van der Waals surface area contributed by atoms with Gasteiger partial charge in [-0.3, -0.25) is 4.90 Å². The minimum atomic E-state index is -0.444. The molecule has 0 saturated carbocycles. The third-order valence-electron chi connectivity index (χ3n) is 3.46. The van der Waals surface area contributed by atoms with Crippen molar-refractivity contribution in [1.82, 2.24) is 4.90 Å². The Bertz CT molecular complexity index is 436. The van der Waals surface area contributed by atoms with Crippen LogP contribution >= 0.6 is 0 Å². The van der Waals surface area contributed by atoms with Crippen molar-refractivity contribution in [1.29, 1.82) is 0 Å². The van der Waals surface area contributed by atoms with Crippen LogP contribution in [0, 0.1) is 0 Å². The molecule has 3 heteroatoms. The molecule has 0 aromatic heterocycles. The van der Waals surface area contributed by atoms with Gasteiger partial charge in [0, 0.05) is 6.04 Å². The lowest BCUT2D eigenvalue weighted by Crippen LogP contribution is -2.40. The molecule has 0 N–H and O–H groups in total. The minimum Gasteiger partial charge on any atom is -0.444 e. The number of likely N-dealkylation sites (tertiary alicyclic amines) is 1. The van der Waals surface area contributed by atoms with Crippen LogP contribution in [0.2, 0.25) is 0 Å². The Balaban J connectivity index is 2.19. The first-order valence-corrected chi connectivity index (χ1v) is 6.95. The van der Waals surface area contributed by atoms with Gasteiger partial charge in [-0.25, -0.2) is 4.79 Å². The number of hydrogen-bond acceptors (Lipinski definition) is 2. The second-order valence-corrected chi connectivity index (χ2v) is 6.24. The summed E-state index contributed by atoms with van der Waals surface area (Å²) in [5.74, 6) is 0. The summed E-state index contributed by atoms with van der Waals surface area (Å²) in [7, 11) is 0. The number of carbonyl (C=O) groups excluding carboxylic acids is 1. The third-order valence-corrected chi connectivity index (χ3v) is 3.46. The molecule has 1 aliphatic rings. The van der Waals surface area contributed by atoms with Gasteiger partial charge in [0.1, 0.15) is 5.60 Å². The zero-order valence-electron chi connectivity index (χ0n) is 12.2. The van der Waals surface area contributed by atoms with Crippen LogP contribution in [0.25, 0.3) is 0 Å². The number of amides is 1. The van der Waals surface area contributed by atoms with Gasteiger partial charge in [-0.1, -0.05) is 30.3 Å². The van der Waals surface area contributed by atoms with Crippen molar-refractivity contribution >= 4 is 6.09 Å². The summed E-state index contributed by atoms with van der Waals surface area (Å²) in [4.78, 5) is 14.2. The van der Waals surface area contributed by atoms with Crippen molar-refractivity contribution in [2.45, 2.75) is 58.2 Å². The summed E-state index contributed by atoms with van der Waals surface area (Å²) in [6.07, 6.45) is 1.83. The van der Waals surface area contributed by atoms with E-state index in [0.717, 1.165) is 12.8 Å². The van der Waals surface area contributed by atoms with Gasteiger partial charge in [-0.2, -0.15) is 0 Å². The Morgan fingerprint density at radius 3 is 2.42 bits per heavy atom. The van der Waals surface area contributed by atoms with E-state index in [1.807, 2.05) is 43.9 Å². The van der Waals surface area contributed by atoms with Gasteiger partial charge in [-0.15, -0.1) is 0 Å². The number of ether oxygens (including phenoxy) is 1. The molecule has 0 aliphatic carbocycles. The summed E-state index contributed by atoms with van der Waals surface area (Å²) < 4.78 is 5.53. The molecule has 1 aromatic carbocycles. The summed E-state index contributed by atoms with van der Waals surface area (Å²) in [6.45, 7) is 7.81. The van der Waals surface area contributed by atoms with Gasteiger partial charge in [-0.05, 0) is 46.1 Å². The smallest absolute Gasteiger partial charge is 0.411 e. The van der Waals surface area contributed by atoms with Gasteiger partial charge in [0.2, 0.25) is 0 Å². The van der Waals surface area contributed by atoms with Crippen LogP contribution in [-0.2, 0) is 4.74 Å². The maximum absolute atomic E-state index is 12.4. The normalized spacial score (nSPS) is 23.5. The summed E-state index contributed by atoms with van der Waals surface area (Å²) in [6, 6.07) is 10.6. The molecular weight excluding hydrogens is 238 g/mol. The van der Waals surface area contributed by atoms with Crippen LogP contribution in [0.15, 0.2) is 30.3 Å². The van der Waals surface area contributed by atoms with E-state index in [-0.39, 0.29) is 18.2 Å². The molecule has 1 heterocycles. The summed E-state index contributed by atoms with van der Waals surface area (Å²) in [5.41, 5.74) is 0.749. The Morgan fingerprint density at radius 2 is 1.84 bits per heavy atom. The first-order valence-electron chi connectivity index (χ1n) is 6.95. The van der Waals surface area contributed by atoms with Gasteiger partial charge in [0.15, 0.2) is 0 Å². The SMILES string of the molecule is C[C@@H]1CCC(c2ccccc2)N1C(=O)OC(C)(C)C. The van der Waals surface area contributed by atoms with E-state index < -0.39 is 5.60 Å². The third kappa shape index (κ3) is 3.28. The van der Waals surface area contributed by atoms with Crippen molar-refractivity contribution in [2.75, 3.05) is 0 Å². The molecule has 1 unspecified atom stereocenters. The minimum absolute atomic E-state index is 0.144. The fourth-order valence-electron chi connectivity index (χ4n) is 2.61. The predicted molar refractivity (Wildman–Crippen MR) is 76.0 cm³/mol. The van der Waals surface area contributed by atoms with Crippen molar-refractivity contribution in [3.63, 3.8) is 0 Å². The zero-order valence-corrected chi connectivity index (χ0v) is 12.2. The number of nitrogens with zero attached hydrogens (tertiary/aromatic N) is 1. The molecule has 0 bridgehead atoms. The van der Waals surface area contributed by atoms with Crippen LogP contribution in [0.5, 0.6) is 0 Å². The highest BCUT2D eigenvalue weighted by atomic mass is 16.6. The first-order chi connectivity index (χ1) is 8.88. The Morgan fingerprint density at radius 1 is 1.21 bits per heavy atom. The molecule has 1 amide bonds. The fraction of sp³-hybridized carbons (Fsp3) is 0.562. The lowest BCUT2D eigenvalue weighted by atomic mass is 10.1. The van der Waals surface area contributed by atoms with E-state index in [1.54, 1.807) is 0 Å². The van der Waals surface area contributed by atoms with Gasteiger partial charge < -0.3 is 4.74 Å². The number of rotatable bonds is 1. The van der Waals surface area contributed by atoms with E-state index in [1.165, 1.54) is 5.56 Å². The summed E-state index contributed by atoms with van der Waals surface area (Å²) in [5, 5.41) is 0. The Labute approximate surface area is 115 Å². The maximum Gasteiger partial charge on any atom is 0.411 e. The average molecular weight is 261 g/mol. The van der Waals surface area contributed by atoms with Crippen LogP contribution < -0.4 is 0 Å². The number of carbonyl (C=O) groups is 1. The predicted octanol–water partition coefficient (Wildman–Crippen LogP) is 4.15. The van der Waals surface area contributed by atoms with Crippen molar-refractivity contribution < 1.29 is 9.53 Å². The average Bonchev–Trinajstić information content (AvgIpc) is 2.70. The molecule has 104 valence electrons. The molecular formula is C16H23NO2. The van der Waals surface area contributed by atoms with Crippen LogP contribution in [0.4, 0.5) is 4.79 Å². The second kappa shape index (κ2) is 5.24. The van der Waals surface area contributed by atoms with E-state index in [0.29, 0.717) is 0 Å².